The number of aliphatic hydroxyl groups excluding tert-OH is 1. The predicted molar refractivity (Wildman–Crippen MR) is 126 cm³/mol. The van der Waals surface area contributed by atoms with E-state index in [1.54, 1.807) is 0 Å². The number of aliphatic hydroxyl groups is 2. The lowest BCUT2D eigenvalue weighted by molar-refractivity contribution is -0.189. The first kappa shape index (κ1) is 18.3. The monoisotopic (exact) mass is 438 g/mol. The first-order chi connectivity index (χ1) is 16.0. The second-order valence-electron chi connectivity index (χ2n) is 9.91. The van der Waals surface area contributed by atoms with E-state index in [0.29, 0.717) is 12.8 Å². The summed E-state index contributed by atoms with van der Waals surface area (Å²) in [6.07, 6.45) is 1.01. The highest BCUT2D eigenvalue weighted by Gasteiger charge is 2.60. The molecule has 4 heterocycles. The molecular weight excluding hydrogens is 416 g/mol. The van der Waals surface area contributed by atoms with Crippen molar-refractivity contribution >= 4 is 49.4 Å². The average molecular weight is 438 g/mol. The van der Waals surface area contributed by atoms with Gasteiger partial charge in [0.05, 0.1) is 28.7 Å². The van der Waals surface area contributed by atoms with Crippen LogP contribution in [0.15, 0.2) is 48.5 Å². The first-order valence-corrected chi connectivity index (χ1v) is 11.5. The van der Waals surface area contributed by atoms with Crippen LogP contribution in [0.2, 0.25) is 0 Å². The van der Waals surface area contributed by atoms with Gasteiger partial charge in [0.1, 0.15) is 11.8 Å². The number of hydrogen-bond acceptors (Lipinski definition) is 4. The SMILES string of the molecule is C[C@]12O[C@@H](C[C@]1(O)CO)n1c3ccccc3c3c4c(c5c6ccccc6n2c5c31)CCC4=O. The lowest BCUT2D eigenvalue weighted by Crippen LogP contribution is -2.53. The average Bonchev–Trinajstić information content (AvgIpc) is 3.51. The van der Waals surface area contributed by atoms with Gasteiger partial charge in [-0.3, -0.25) is 4.79 Å². The van der Waals surface area contributed by atoms with Crippen LogP contribution < -0.4 is 0 Å². The molecule has 3 atom stereocenters. The quantitative estimate of drug-likeness (QED) is 0.408. The van der Waals surface area contributed by atoms with E-state index in [1.807, 2.05) is 37.3 Å². The Labute approximate surface area is 188 Å². The Hall–Kier alpha value is -3.19. The van der Waals surface area contributed by atoms with Crippen molar-refractivity contribution in [3.63, 3.8) is 0 Å². The third-order valence-electron chi connectivity index (χ3n) is 8.46. The second kappa shape index (κ2) is 5.47. The number of ketones is 1. The number of ether oxygens (including phenoxy) is 1. The summed E-state index contributed by atoms with van der Waals surface area (Å²) >= 11 is 0. The van der Waals surface area contributed by atoms with Crippen molar-refractivity contribution in [1.29, 1.82) is 0 Å². The first-order valence-electron chi connectivity index (χ1n) is 11.5. The van der Waals surface area contributed by atoms with Crippen LogP contribution in [0.1, 0.15) is 41.9 Å². The maximum Gasteiger partial charge on any atom is 0.176 e. The largest absolute Gasteiger partial charge is 0.393 e. The van der Waals surface area contributed by atoms with E-state index in [4.69, 9.17) is 4.74 Å². The summed E-state index contributed by atoms with van der Waals surface area (Å²) in [6.45, 7) is 1.48. The van der Waals surface area contributed by atoms with Crippen molar-refractivity contribution in [3.05, 3.63) is 59.7 Å². The molecule has 1 saturated heterocycles. The highest BCUT2D eigenvalue weighted by Crippen LogP contribution is 2.57. The van der Waals surface area contributed by atoms with Crippen LogP contribution in [-0.2, 0) is 16.9 Å². The number of rotatable bonds is 1. The lowest BCUT2D eigenvalue weighted by atomic mass is 9.89. The highest BCUT2D eigenvalue weighted by atomic mass is 16.6. The van der Waals surface area contributed by atoms with Crippen LogP contribution in [0.25, 0.3) is 43.6 Å². The summed E-state index contributed by atoms with van der Waals surface area (Å²) in [5.41, 5.74) is 3.20. The summed E-state index contributed by atoms with van der Waals surface area (Å²) < 4.78 is 11.0. The fourth-order valence-electron chi connectivity index (χ4n) is 6.97. The number of hydrogen-bond donors (Lipinski definition) is 2. The van der Waals surface area contributed by atoms with Crippen molar-refractivity contribution in [2.24, 2.45) is 0 Å². The van der Waals surface area contributed by atoms with E-state index in [-0.39, 0.29) is 12.2 Å². The van der Waals surface area contributed by atoms with Gasteiger partial charge in [0.15, 0.2) is 11.5 Å². The van der Waals surface area contributed by atoms with Gasteiger partial charge < -0.3 is 24.1 Å². The molecule has 33 heavy (non-hydrogen) atoms. The molecular formula is C27H22N2O4. The molecule has 0 unspecified atom stereocenters. The van der Waals surface area contributed by atoms with Crippen molar-refractivity contribution in [2.45, 2.75) is 43.7 Å². The highest BCUT2D eigenvalue weighted by molar-refractivity contribution is 6.31. The molecule has 164 valence electrons. The van der Waals surface area contributed by atoms with Crippen molar-refractivity contribution in [1.82, 2.24) is 9.13 Å². The molecule has 6 nitrogen and oxygen atoms in total. The fourth-order valence-corrected chi connectivity index (χ4v) is 6.97. The van der Waals surface area contributed by atoms with Crippen molar-refractivity contribution in [2.75, 3.05) is 6.61 Å². The maximum absolute atomic E-state index is 13.3. The van der Waals surface area contributed by atoms with Crippen molar-refractivity contribution < 1.29 is 19.7 Å². The normalized spacial score (nSPS) is 28.1. The molecule has 8 rings (SSSR count). The molecule has 5 aromatic rings. The minimum Gasteiger partial charge on any atom is -0.393 e. The van der Waals surface area contributed by atoms with Gasteiger partial charge in [-0.1, -0.05) is 36.4 Å². The van der Waals surface area contributed by atoms with Crippen LogP contribution in [-0.4, -0.2) is 37.3 Å². The Bertz CT molecular complexity index is 1730. The molecule has 6 heteroatoms. The van der Waals surface area contributed by atoms with E-state index in [9.17, 15) is 15.0 Å². The molecule has 2 aliphatic heterocycles. The summed E-state index contributed by atoms with van der Waals surface area (Å²) in [4.78, 5) is 13.3. The molecule has 2 aromatic heterocycles. The molecule has 0 spiro atoms. The number of benzene rings is 3. The lowest BCUT2D eigenvalue weighted by Gasteiger charge is -2.38. The number of para-hydroxylation sites is 2. The molecule has 3 aromatic carbocycles. The number of Topliss-reactive ketones (excluding diaryl/α,β-unsaturated/α-hetero) is 1. The topological polar surface area (TPSA) is 76.6 Å². The third-order valence-corrected chi connectivity index (χ3v) is 8.46. The molecule has 1 aliphatic carbocycles. The molecule has 0 saturated carbocycles. The van der Waals surface area contributed by atoms with Crippen LogP contribution in [0.5, 0.6) is 0 Å². The van der Waals surface area contributed by atoms with E-state index < -0.39 is 24.2 Å². The van der Waals surface area contributed by atoms with Gasteiger partial charge in [0, 0.05) is 39.9 Å². The van der Waals surface area contributed by atoms with Crippen molar-refractivity contribution in [3.8, 4) is 0 Å². The number of aromatic nitrogens is 2. The number of carbonyl (C=O) groups excluding carboxylic acids is 1. The van der Waals surface area contributed by atoms with Gasteiger partial charge in [-0.2, -0.15) is 0 Å². The van der Waals surface area contributed by atoms with Gasteiger partial charge in [-0.05, 0) is 31.0 Å². The van der Waals surface area contributed by atoms with E-state index in [1.165, 1.54) is 0 Å². The maximum atomic E-state index is 13.3. The Morgan fingerprint density at radius 3 is 2.45 bits per heavy atom. The van der Waals surface area contributed by atoms with E-state index in [2.05, 4.69) is 27.3 Å². The molecule has 1 fully saturated rings. The molecule has 2 bridgehead atoms. The molecule has 0 amide bonds. The Morgan fingerprint density at radius 2 is 1.70 bits per heavy atom. The molecule has 2 N–H and O–H groups in total. The Balaban J connectivity index is 1.78. The smallest absolute Gasteiger partial charge is 0.176 e. The zero-order valence-electron chi connectivity index (χ0n) is 18.1. The zero-order valence-corrected chi connectivity index (χ0v) is 18.1. The number of fused-ring (bicyclic) bond motifs is 13. The zero-order chi connectivity index (χ0) is 22.3. The van der Waals surface area contributed by atoms with Gasteiger partial charge >= 0.3 is 0 Å². The Kier molecular flexibility index (Phi) is 3.03. The van der Waals surface area contributed by atoms with E-state index >= 15 is 0 Å². The number of aryl methyl sites for hydroxylation is 1. The fraction of sp³-hybridized carbons (Fsp3) is 0.296. The number of nitrogens with zero attached hydrogens (tertiary/aromatic N) is 2. The summed E-state index contributed by atoms with van der Waals surface area (Å²) in [5.74, 6) is 0.194. The van der Waals surface area contributed by atoms with Crippen LogP contribution in [0.4, 0.5) is 0 Å². The van der Waals surface area contributed by atoms with Gasteiger partial charge in [-0.25, -0.2) is 0 Å². The summed E-state index contributed by atoms with van der Waals surface area (Å²) in [6, 6.07) is 16.3. The summed E-state index contributed by atoms with van der Waals surface area (Å²) in [5, 5.41) is 26.3. The minimum atomic E-state index is -1.46. The minimum absolute atomic E-state index is 0.194. The van der Waals surface area contributed by atoms with Crippen LogP contribution in [0.3, 0.4) is 0 Å². The van der Waals surface area contributed by atoms with Gasteiger partial charge in [-0.15, -0.1) is 0 Å². The van der Waals surface area contributed by atoms with Gasteiger partial charge in [0.2, 0.25) is 0 Å². The molecule has 0 radical (unpaired) electrons. The van der Waals surface area contributed by atoms with Crippen LogP contribution in [0, 0.1) is 0 Å². The molecule has 3 aliphatic rings. The Morgan fingerprint density at radius 1 is 1.00 bits per heavy atom. The second-order valence-corrected chi connectivity index (χ2v) is 9.91. The third kappa shape index (κ3) is 1.78. The standard InChI is InChI=1S/C27H22N2O4/c1-26-27(32,13-30)12-20(33-26)28-17-8-4-2-6-14(17)23-22-16(10-11-19(22)31)21-15-7-3-5-9-18(15)29(26)25(21)24(23)28/h2-9,20,30,32H,10-13H2,1H3/t20-,26-,27-/m0/s1. The predicted octanol–water partition coefficient (Wildman–Crippen LogP) is 4.36. The van der Waals surface area contributed by atoms with Crippen LogP contribution >= 0.6 is 0 Å². The summed E-state index contributed by atoms with van der Waals surface area (Å²) in [7, 11) is 0. The number of carbonyl (C=O) groups is 1. The van der Waals surface area contributed by atoms with Gasteiger partial charge in [0.25, 0.3) is 0 Å². The van der Waals surface area contributed by atoms with E-state index in [0.717, 1.165) is 54.7 Å².